The smallest absolute Gasteiger partial charge is 0.254 e. The third-order valence-electron chi connectivity index (χ3n) is 3.93. The molecule has 0 spiro atoms. The van der Waals surface area contributed by atoms with Gasteiger partial charge in [0.25, 0.3) is 5.91 Å². The maximum atomic E-state index is 12.5. The normalized spacial score (nSPS) is 13.7. The van der Waals surface area contributed by atoms with E-state index in [2.05, 4.69) is 10.4 Å². The van der Waals surface area contributed by atoms with Crippen molar-refractivity contribution < 1.29 is 9.53 Å². The van der Waals surface area contributed by atoms with Gasteiger partial charge in [-0.3, -0.25) is 9.48 Å². The number of carbonyl (C=O) groups is 1. The molecule has 0 fully saturated rings. The molecule has 2 aromatic rings. The summed E-state index contributed by atoms with van der Waals surface area (Å²) in [6, 6.07) is 9.36. The molecule has 5 nitrogen and oxygen atoms in total. The first kappa shape index (κ1) is 16.2. The number of hydrogen-bond acceptors (Lipinski definition) is 3. The predicted octanol–water partition coefficient (Wildman–Crippen LogP) is 2.60. The summed E-state index contributed by atoms with van der Waals surface area (Å²) in [4.78, 5) is 12.5. The van der Waals surface area contributed by atoms with Crippen LogP contribution in [0.4, 0.5) is 0 Å². The molecular weight excluding hydrogens is 278 g/mol. The standard InChI is InChI=1S/C17H23N3O2/c1-11(15-12(2)19-20(4)13(15)3)18-17(21)16(22-5)14-9-7-6-8-10-14/h6-11,16H,1-5H3,(H,18,21)/t11-,16-/m0/s1. The Labute approximate surface area is 131 Å². The van der Waals surface area contributed by atoms with E-state index in [9.17, 15) is 4.79 Å². The summed E-state index contributed by atoms with van der Waals surface area (Å²) in [5.74, 6) is -0.149. The van der Waals surface area contributed by atoms with E-state index in [-0.39, 0.29) is 11.9 Å². The third-order valence-corrected chi connectivity index (χ3v) is 3.93. The highest BCUT2D eigenvalue weighted by molar-refractivity contribution is 5.82. The lowest BCUT2D eigenvalue weighted by Gasteiger charge is -2.20. The fourth-order valence-electron chi connectivity index (χ4n) is 2.80. The van der Waals surface area contributed by atoms with Gasteiger partial charge in [0.05, 0.1) is 11.7 Å². The second-order valence-electron chi connectivity index (χ2n) is 5.46. The minimum Gasteiger partial charge on any atom is -0.367 e. The van der Waals surface area contributed by atoms with Crippen LogP contribution in [0.3, 0.4) is 0 Å². The number of methoxy groups -OCH3 is 1. The number of carbonyl (C=O) groups excluding carboxylic acids is 1. The van der Waals surface area contributed by atoms with E-state index in [1.54, 1.807) is 7.11 Å². The van der Waals surface area contributed by atoms with E-state index >= 15 is 0 Å². The first-order valence-electron chi connectivity index (χ1n) is 7.34. The van der Waals surface area contributed by atoms with E-state index in [0.29, 0.717) is 0 Å². The van der Waals surface area contributed by atoms with Gasteiger partial charge in [-0.05, 0) is 26.3 Å². The average Bonchev–Trinajstić information content (AvgIpc) is 2.74. The molecule has 1 amide bonds. The van der Waals surface area contributed by atoms with Gasteiger partial charge in [0.2, 0.25) is 0 Å². The Morgan fingerprint density at radius 2 is 1.91 bits per heavy atom. The second-order valence-corrected chi connectivity index (χ2v) is 5.46. The van der Waals surface area contributed by atoms with Crippen LogP contribution >= 0.6 is 0 Å². The molecular formula is C17H23N3O2. The summed E-state index contributed by atoms with van der Waals surface area (Å²) in [6.45, 7) is 5.92. The van der Waals surface area contributed by atoms with Crippen LogP contribution in [0.1, 0.15) is 41.6 Å². The maximum absolute atomic E-state index is 12.5. The minimum atomic E-state index is -0.610. The van der Waals surface area contributed by atoms with Crippen LogP contribution in [0.25, 0.3) is 0 Å². The molecule has 1 heterocycles. The number of benzene rings is 1. The fraction of sp³-hybridized carbons (Fsp3) is 0.412. The molecule has 0 saturated carbocycles. The zero-order chi connectivity index (χ0) is 16.3. The van der Waals surface area contributed by atoms with Crippen LogP contribution in [0.5, 0.6) is 0 Å². The van der Waals surface area contributed by atoms with Crippen molar-refractivity contribution in [2.75, 3.05) is 7.11 Å². The summed E-state index contributed by atoms with van der Waals surface area (Å²) in [5.41, 5.74) is 3.88. The Kier molecular flexibility index (Phi) is 4.98. The number of ether oxygens (including phenoxy) is 1. The van der Waals surface area contributed by atoms with Gasteiger partial charge < -0.3 is 10.1 Å². The molecule has 0 saturated heterocycles. The Bertz CT molecular complexity index is 649. The molecule has 22 heavy (non-hydrogen) atoms. The van der Waals surface area contributed by atoms with E-state index in [1.807, 2.05) is 62.8 Å². The monoisotopic (exact) mass is 301 g/mol. The zero-order valence-electron chi connectivity index (χ0n) is 13.8. The van der Waals surface area contributed by atoms with Gasteiger partial charge in [-0.25, -0.2) is 0 Å². The van der Waals surface area contributed by atoms with Crippen LogP contribution in [0.15, 0.2) is 30.3 Å². The number of rotatable bonds is 5. The second kappa shape index (κ2) is 6.75. The largest absolute Gasteiger partial charge is 0.367 e. The van der Waals surface area contributed by atoms with Crippen LogP contribution in [0.2, 0.25) is 0 Å². The lowest BCUT2D eigenvalue weighted by molar-refractivity contribution is -0.132. The van der Waals surface area contributed by atoms with Crippen molar-refractivity contribution in [1.82, 2.24) is 15.1 Å². The summed E-state index contributed by atoms with van der Waals surface area (Å²) in [6.07, 6.45) is -0.610. The quantitative estimate of drug-likeness (QED) is 0.923. The Hall–Kier alpha value is -2.14. The zero-order valence-corrected chi connectivity index (χ0v) is 13.8. The maximum Gasteiger partial charge on any atom is 0.254 e. The van der Waals surface area contributed by atoms with Crippen LogP contribution < -0.4 is 5.32 Å². The van der Waals surface area contributed by atoms with E-state index in [1.165, 1.54) is 0 Å². The number of nitrogens with zero attached hydrogens (tertiary/aromatic N) is 2. The summed E-state index contributed by atoms with van der Waals surface area (Å²) in [5, 5.41) is 7.42. The molecule has 1 aromatic heterocycles. The molecule has 1 N–H and O–H groups in total. The van der Waals surface area contributed by atoms with Gasteiger partial charge in [-0.2, -0.15) is 5.10 Å². The van der Waals surface area contributed by atoms with Crippen molar-refractivity contribution in [2.24, 2.45) is 7.05 Å². The number of hydrogen-bond donors (Lipinski definition) is 1. The molecule has 2 atom stereocenters. The minimum absolute atomic E-state index is 0.123. The summed E-state index contributed by atoms with van der Waals surface area (Å²) < 4.78 is 7.20. The topological polar surface area (TPSA) is 56.1 Å². The highest BCUT2D eigenvalue weighted by atomic mass is 16.5. The highest BCUT2D eigenvalue weighted by Gasteiger charge is 2.24. The number of nitrogens with one attached hydrogen (secondary N) is 1. The average molecular weight is 301 g/mol. The van der Waals surface area contributed by atoms with E-state index in [4.69, 9.17) is 4.74 Å². The number of aryl methyl sites for hydroxylation is 2. The molecule has 118 valence electrons. The lowest BCUT2D eigenvalue weighted by Crippen LogP contribution is -2.33. The molecule has 0 aliphatic heterocycles. The van der Waals surface area contributed by atoms with E-state index < -0.39 is 6.10 Å². The third kappa shape index (κ3) is 3.20. The molecule has 5 heteroatoms. The first-order chi connectivity index (χ1) is 10.5. The van der Waals surface area contributed by atoms with Crippen molar-refractivity contribution in [3.8, 4) is 0 Å². The highest BCUT2D eigenvalue weighted by Crippen LogP contribution is 2.23. The molecule has 0 unspecified atom stereocenters. The molecule has 1 aromatic carbocycles. The SMILES string of the molecule is CO[C@H](C(=O)N[C@@H](C)c1c(C)nn(C)c1C)c1ccccc1. The van der Waals surface area contributed by atoms with Crippen LogP contribution in [-0.2, 0) is 16.6 Å². The summed E-state index contributed by atoms with van der Waals surface area (Å²) in [7, 11) is 3.45. The number of amides is 1. The fourth-order valence-corrected chi connectivity index (χ4v) is 2.80. The lowest BCUT2D eigenvalue weighted by atomic mass is 10.0. The van der Waals surface area contributed by atoms with Crippen molar-refractivity contribution in [1.29, 1.82) is 0 Å². The van der Waals surface area contributed by atoms with Gasteiger partial charge >= 0.3 is 0 Å². The molecule has 0 bridgehead atoms. The molecule has 2 rings (SSSR count). The Morgan fingerprint density at radius 1 is 1.27 bits per heavy atom. The molecule has 0 radical (unpaired) electrons. The first-order valence-corrected chi connectivity index (χ1v) is 7.34. The van der Waals surface area contributed by atoms with Gasteiger partial charge in [0.15, 0.2) is 6.10 Å². The predicted molar refractivity (Wildman–Crippen MR) is 85.4 cm³/mol. The van der Waals surface area contributed by atoms with Crippen molar-refractivity contribution in [3.63, 3.8) is 0 Å². The van der Waals surface area contributed by atoms with Crippen LogP contribution in [0, 0.1) is 13.8 Å². The van der Waals surface area contributed by atoms with Gasteiger partial charge in [0, 0.05) is 25.4 Å². The number of aromatic nitrogens is 2. The Morgan fingerprint density at radius 3 is 2.41 bits per heavy atom. The van der Waals surface area contributed by atoms with Crippen LogP contribution in [-0.4, -0.2) is 22.8 Å². The molecule has 0 aliphatic carbocycles. The van der Waals surface area contributed by atoms with Gasteiger partial charge in [0.1, 0.15) is 0 Å². The summed E-state index contributed by atoms with van der Waals surface area (Å²) >= 11 is 0. The van der Waals surface area contributed by atoms with Crippen molar-refractivity contribution in [2.45, 2.75) is 32.9 Å². The molecule has 0 aliphatic rings. The van der Waals surface area contributed by atoms with Gasteiger partial charge in [-0.1, -0.05) is 30.3 Å². The van der Waals surface area contributed by atoms with Crippen molar-refractivity contribution in [3.05, 3.63) is 52.8 Å². The van der Waals surface area contributed by atoms with E-state index in [0.717, 1.165) is 22.5 Å². The Balaban J connectivity index is 2.17. The van der Waals surface area contributed by atoms with Gasteiger partial charge in [-0.15, -0.1) is 0 Å². The van der Waals surface area contributed by atoms with Crippen molar-refractivity contribution >= 4 is 5.91 Å².